The summed E-state index contributed by atoms with van der Waals surface area (Å²) in [6.45, 7) is 3.48. The van der Waals surface area contributed by atoms with E-state index in [4.69, 9.17) is 14.6 Å². The van der Waals surface area contributed by atoms with Crippen LogP contribution in [0.2, 0.25) is 0 Å². The number of nitro benzene ring substituents is 1. The van der Waals surface area contributed by atoms with Gasteiger partial charge in [0, 0.05) is 6.07 Å². The second-order valence-electron chi connectivity index (χ2n) is 4.83. The number of nitrogens with one attached hydrogen (secondary N) is 1. The quantitative estimate of drug-likeness (QED) is 0.637. The molecule has 0 saturated carbocycles. The largest absolute Gasteiger partial charge is 0.486 e. The fourth-order valence-corrected chi connectivity index (χ4v) is 1.72. The first kappa shape index (κ1) is 13.9. The van der Waals surface area contributed by atoms with Crippen molar-refractivity contribution < 1.29 is 24.3 Å². The third-order valence-electron chi connectivity index (χ3n) is 2.84. The maximum absolute atomic E-state index is 11.1. The maximum atomic E-state index is 11.1. The van der Waals surface area contributed by atoms with Crippen LogP contribution in [0.4, 0.5) is 11.4 Å². The number of fused-ring (bicyclic) bond motifs is 1. The van der Waals surface area contributed by atoms with Gasteiger partial charge < -0.3 is 19.9 Å². The Morgan fingerprint density at radius 2 is 1.90 bits per heavy atom. The minimum absolute atomic E-state index is 0.0756. The zero-order chi connectivity index (χ0) is 14.9. The van der Waals surface area contributed by atoms with Crippen molar-refractivity contribution in [2.24, 2.45) is 0 Å². The van der Waals surface area contributed by atoms with E-state index >= 15 is 0 Å². The van der Waals surface area contributed by atoms with Crippen LogP contribution in [0.3, 0.4) is 0 Å². The molecule has 1 aromatic rings. The molecule has 2 N–H and O–H groups in total. The van der Waals surface area contributed by atoms with Gasteiger partial charge in [0.25, 0.3) is 5.69 Å². The summed E-state index contributed by atoms with van der Waals surface area (Å²) in [5, 5.41) is 22.8. The van der Waals surface area contributed by atoms with Gasteiger partial charge in [-0.25, -0.2) is 4.79 Å². The predicted octanol–water partition coefficient (Wildman–Crippen LogP) is 1.64. The number of carbonyl (C=O) groups is 1. The normalized spacial score (nSPS) is 13.7. The summed E-state index contributed by atoms with van der Waals surface area (Å²) in [4.78, 5) is 21.6. The highest BCUT2D eigenvalue weighted by Crippen LogP contribution is 2.40. The van der Waals surface area contributed by atoms with Crippen LogP contribution >= 0.6 is 0 Å². The molecule has 108 valence electrons. The van der Waals surface area contributed by atoms with Gasteiger partial charge >= 0.3 is 5.97 Å². The van der Waals surface area contributed by atoms with Crippen LogP contribution in [0.15, 0.2) is 12.1 Å². The predicted molar refractivity (Wildman–Crippen MR) is 69.4 cm³/mol. The molecule has 0 aliphatic carbocycles. The summed E-state index contributed by atoms with van der Waals surface area (Å²) < 4.78 is 10.6. The van der Waals surface area contributed by atoms with Crippen molar-refractivity contribution in [1.82, 2.24) is 0 Å². The fraction of sp³-hybridized carbons (Fsp3) is 0.417. The van der Waals surface area contributed by atoms with Crippen molar-refractivity contribution in [3.05, 3.63) is 22.2 Å². The van der Waals surface area contributed by atoms with E-state index in [0.29, 0.717) is 19.0 Å². The molecule has 0 spiro atoms. The van der Waals surface area contributed by atoms with Gasteiger partial charge in [0.15, 0.2) is 11.5 Å². The zero-order valence-corrected chi connectivity index (χ0v) is 11.0. The summed E-state index contributed by atoms with van der Waals surface area (Å²) >= 11 is 0. The Morgan fingerprint density at radius 1 is 1.35 bits per heavy atom. The van der Waals surface area contributed by atoms with Crippen LogP contribution < -0.4 is 14.8 Å². The van der Waals surface area contributed by atoms with Crippen LogP contribution in [-0.4, -0.2) is 34.8 Å². The highest BCUT2D eigenvalue weighted by atomic mass is 16.6. The number of nitro groups is 1. The number of carboxylic acid groups (broad SMARTS) is 1. The number of nitrogens with zero attached hydrogens (tertiary/aromatic N) is 1. The number of hydrogen-bond donors (Lipinski definition) is 2. The Bertz CT molecular complexity index is 569. The fourth-order valence-electron chi connectivity index (χ4n) is 1.72. The Balaban J connectivity index is 2.45. The Morgan fingerprint density at radius 3 is 2.40 bits per heavy atom. The number of anilines is 1. The SMILES string of the molecule is CC(C)(Nc1cc2c(cc1[N+](=O)[O-])OCCO2)C(=O)O. The highest BCUT2D eigenvalue weighted by Gasteiger charge is 2.31. The molecule has 1 aromatic carbocycles. The van der Waals surface area contributed by atoms with Gasteiger partial charge in [0.1, 0.15) is 24.4 Å². The van der Waals surface area contributed by atoms with E-state index in [1.165, 1.54) is 26.0 Å². The molecule has 0 bridgehead atoms. The van der Waals surface area contributed by atoms with Crippen molar-refractivity contribution in [3.63, 3.8) is 0 Å². The van der Waals surface area contributed by atoms with E-state index in [-0.39, 0.29) is 17.1 Å². The lowest BCUT2D eigenvalue weighted by Crippen LogP contribution is -2.40. The average molecular weight is 282 g/mol. The second kappa shape index (κ2) is 4.87. The van der Waals surface area contributed by atoms with Gasteiger partial charge in [-0.15, -0.1) is 0 Å². The molecule has 0 saturated heterocycles. The third kappa shape index (κ3) is 2.58. The lowest BCUT2D eigenvalue weighted by Gasteiger charge is -2.24. The van der Waals surface area contributed by atoms with Crippen molar-refractivity contribution >= 4 is 17.3 Å². The molecule has 0 radical (unpaired) electrons. The van der Waals surface area contributed by atoms with Gasteiger partial charge in [0.2, 0.25) is 0 Å². The van der Waals surface area contributed by atoms with Crippen molar-refractivity contribution in [2.75, 3.05) is 18.5 Å². The molecule has 2 rings (SSSR count). The monoisotopic (exact) mass is 282 g/mol. The van der Waals surface area contributed by atoms with E-state index in [1.807, 2.05) is 0 Å². The lowest BCUT2D eigenvalue weighted by molar-refractivity contribution is -0.384. The van der Waals surface area contributed by atoms with E-state index in [9.17, 15) is 14.9 Å². The lowest BCUT2D eigenvalue weighted by atomic mass is 10.1. The van der Waals surface area contributed by atoms with Crippen LogP contribution in [0.25, 0.3) is 0 Å². The standard InChI is InChI=1S/C12H14N2O6/c1-12(2,11(15)16)13-7-5-9-10(20-4-3-19-9)6-8(7)14(17)18/h5-6,13H,3-4H2,1-2H3,(H,15,16). The molecule has 0 amide bonds. The zero-order valence-electron chi connectivity index (χ0n) is 11.0. The molecule has 20 heavy (non-hydrogen) atoms. The van der Waals surface area contributed by atoms with Gasteiger partial charge in [-0.05, 0) is 13.8 Å². The Hall–Kier alpha value is -2.51. The topological polar surface area (TPSA) is 111 Å². The first-order valence-electron chi connectivity index (χ1n) is 5.91. The number of benzene rings is 1. The third-order valence-corrected chi connectivity index (χ3v) is 2.84. The van der Waals surface area contributed by atoms with Gasteiger partial charge in [0.05, 0.1) is 11.0 Å². The molecule has 1 aliphatic heterocycles. The molecule has 1 heterocycles. The minimum Gasteiger partial charge on any atom is -0.486 e. The maximum Gasteiger partial charge on any atom is 0.328 e. The molecule has 0 unspecified atom stereocenters. The van der Waals surface area contributed by atoms with E-state index in [1.54, 1.807) is 0 Å². The van der Waals surface area contributed by atoms with Crippen molar-refractivity contribution in [3.8, 4) is 11.5 Å². The molecule has 0 atom stereocenters. The summed E-state index contributed by atoms with van der Waals surface area (Å²) in [7, 11) is 0. The highest BCUT2D eigenvalue weighted by molar-refractivity contribution is 5.83. The molecule has 1 aliphatic rings. The molecule has 0 fully saturated rings. The van der Waals surface area contributed by atoms with Gasteiger partial charge in [-0.1, -0.05) is 0 Å². The first-order chi connectivity index (χ1) is 9.31. The summed E-state index contributed by atoms with van der Waals surface area (Å²) in [5.74, 6) is -0.492. The number of carboxylic acids is 1. The number of hydrogen-bond acceptors (Lipinski definition) is 6. The first-order valence-corrected chi connectivity index (χ1v) is 5.91. The molecule has 8 heteroatoms. The van der Waals surface area contributed by atoms with Crippen LogP contribution in [0, 0.1) is 10.1 Å². The van der Waals surface area contributed by atoms with Crippen LogP contribution in [-0.2, 0) is 4.79 Å². The average Bonchev–Trinajstić information content (AvgIpc) is 2.37. The van der Waals surface area contributed by atoms with E-state index < -0.39 is 16.4 Å². The molecule has 0 aromatic heterocycles. The molecule has 8 nitrogen and oxygen atoms in total. The molecular formula is C12H14N2O6. The smallest absolute Gasteiger partial charge is 0.328 e. The van der Waals surface area contributed by atoms with Gasteiger partial charge in [-0.3, -0.25) is 10.1 Å². The summed E-state index contributed by atoms with van der Waals surface area (Å²) in [5.41, 5.74) is -1.54. The van der Waals surface area contributed by atoms with Crippen LogP contribution in [0.1, 0.15) is 13.8 Å². The van der Waals surface area contributed by atoms with Crippen LogP contribution in [0.5, 0.6) is 11.5 Å². The Labute approximate surface area is 114 Å². The Kier molecular flexibility index (Phi) is 3.39. The van der Waals surface area contributed by atoms with Crippen molar-refractivity contribution in [2.45, 2.75) is 19.4 Å². The number of ether oxygens (including phenoxy) is 2. The number of rotatable bonds is 4. The van der Waals surface area contributed by atoms with Crippen molar-refractivity contribution in [1.29, 1.82) is 0 Å². The van der Waals surface area contributed by atoms with E-state index in [2.05, 4.69) is 5.32 Å². The second-order valence-corrected chi connectivity index (χ2v) is 4.83. The minimum atomic E-state index is -1.35. The molecular weight excluding hydrogens is 268 g/mol. The van der Waals surface area contributed by atoms with Gasteiger partial charge in [-0.2, -0.15) is 0 Å². The van der Waals surface area contributed by atoms with E-state index in [0.717, 1.165) is 0 Å². The summed E-state index contributed by atoms with van der Waals surface area (Å²) in [6, 6.07) is 2.62. The number of aliphatic carboxylic acids is 1. The summed E-state index contributed by atoms with van der Waals surface area (Å²) in [6.07, 6.45) is 0.